The van der Waals surface area contributed by atoms with Crippen LogP contribution in [0.3, 0.4) is 0 Å². The number of nitrogens with two attached hydrogens (primary N) is 5. The van der Waals surface area contributed by atoms with Crippen molar-refractivity contribution in [2.75, 3.05) is 13.1 Å². The summed E-state index contributed by atoms with van der Waals surface area (Å²) in [7, 11) is 0. The number of rotatable bonds is 23. The number of aromatic nitrogens is 3. The number of carbonyl (C=O) groups excluding carboxylic acids is 7. The highest BCUT2D eigenvalue weighted by molar-refractivity contribution is 5.97. The van der Waals surface area contributed by atoms with E-state index < -0.39 is 84.5 Å². The zero-order valence-electron chi connectivity index (χ0n) is 32.1. The van der Waals surface area contributed by atoms with E-state index in [0.717, 1.165) is 10.9 Å². The molecule has 7 amide bonds. The van der Waals surface area contributed by atoms with Crippen LogP contribution in [0.2, 0.25) is 0 Å². The number of hydrogen-bond acceptors (Lipinski definition) is 10. The van der Waals surface area contributed by atoms with Crippen molar-refractivity contribution in [2.45, 2.75) is 68.7 Å². The van der Waals surface area contributed by atoms with Crippen LogP contribution in [0.1, 0.15) is 36.1 Å². The van der Waals surface area contributed by atoms with Gasteiger partial charge in [-0.1, -0.05) is 48.5 Å². The van der Waals surface area contributed by atoms with Crippen LogP contribution in [-0.2, 0) is 52.8 Å². The fourth-order valence-electron chi connectivity index (χ4n) is 6.09. The lowest BCUT2D eigenvalue weighted by molar-refractivity contribution is -0.135. The molecule has 0 saturated carbocycles. The fraction of sp³-hybridized carbons (Fsp3) is 0.342. The normalized spacial score (nSPS) is 13.4. The molecule has 0 aliphatic heterocycles. The number of amides is 7. The maximum absolute atomic E-state index is 14.2. The Balaban J connectivity index is 1.62. The number of aliphatic imine (C=N–C) groups is 1. The molecule has 2 aromatic carbocycles. The van der Waals surface area contributed by atoms with Crippen LogP contribution in [-0.4, -0.2) is 106 Å². The quantitative estimate of drug-likeness (QED) is 0.0200. The lowest BCUT2D eigenvalue weighted by atomic mass is 10.0. The predicted molar refractivity (Wildman–Crippen MR) is 216 cm³/mol. The highest BCUT2D eigenvalue weighted by Gasteiger charge is 2.33. The second-order valence-electron chi connectivity index (χ2n) is 13.7. The van der Waals surface area contributed by atoms with E-state index in [1.807, 2.05) is 24.3 Å². The number of carbonyl (C=O) groups is 7. The number of para-hydroxylation sites is 1. The lowest BCUT2D eigenvalue weighted by Crippen LogP contribution is -2.60. The van der Waals surface area contributed by atoms with Crippen molar-refractivity contribution in [2.24, 2.45) is 33.7 Å². The van der Waals surface area contributed by atoms with E-state index >= 15 is 0 Å². The zero-order chi connectivity index (χ0) is 42.9. The molecule has 4 rings (SSSR count). The Bertz CT molecular complexity index is 2100. The van der Waals surface area contributed by atoms with Gasteiger partial charge in [0.1, 0.15) is 24.2 Å². The number of benzene rings is 2. The smallest absolute Gasteiger partial charge is 0.243 e. The van der Waals surface area contributed by atoms with E-state index in [9.17, 15) is 33.6 Å². The molecule has 0 unspecified atom stereocenters. The molecule has 0 bridgehead atoms. The van der Waals surface area contributed by atoms with E-state index in [-0.39, 0.29) is 44.6 Å². The maximum Gasteiger partial charge on any atom is 0.243 e. The second-order valence-corrected chi connectivity index (χ2v) is 13.7. The molecule has 0 aliphatic carbocycles. The molecule has 21 heteroatoms. The summed E-state index contributed by atoms with van der Waals surface area (Å²) in [6, 6.07) is 9.55. The van der Waals surface area contributed by atoms with Gasteiger partial charge in [-0.15, -0.1) is 0 Å². The molecule has 5 atom stereocenters. The van der Waals surface area contributed by atoms with E-state index in [0.29, 0.717) is 16.8 Å². The molecule has 4 aromatic rings. The number of primary amides is 2. The molecule has 2 aromatic heterocycles. The van der Waals surface area contributed by atoms with Crippen LogP contribution in [0.25, 0.3) is 10.9 Å². The predicted octanol–water partition coefficient (Wildman–Crippen LogP) is -3.28. The SMILES string of the molecule is NC(=O)CNC(=O)[C@H](Cc1c[nH]c2ccccc12)NC(=O)[C@H](CCCN=C(N)N)NC(=O)[C@@H](Cc1ccccc1)NC(=O)[C@H](Cc1cnc[nH]1)NC(=O)[C@@H](N)CC(N)=O. The van der Waals surface area contributed by atoms with Crippen molar-refractivity contribution >= 4 is 58.2 Å². The molecule has 0 aliphatic rings. The van der Waals surface area contributed by atoms with Crippen molar-refractivity contribution in [3.8, 4) is 0 Å². The summed E-state index contributed by atoms with van der Waals surface area (Å²) in [6.07, 6.45) is 4.06. The van der Waals surface area contributed by atoms with E-state index in [4.69, 9.17) is 28.7 Å². The summed E-state index contributed by atoms with van der Waals surface area (Å²) in [5.41, 5.74) is 29.9. The molecular weight excluding hydrogens is 765 g/mol. The summed E-state index contributed by atoms with van der Waals surface area (Å²) in [5.74, 6) is -5.70. The van der Waals surface area contributed by atoms with E-state index in [1.165, 1.54) is 12.5 Å². The van der Waals surface area contributed by atoms with Crippen molar-refractivity contribution in [1.82, 2.24) is 41.5 Å². The molecule has 0 fully saturated rings. The average Bonchev–Trinajstić information content (AvgIpc) is 3.87. The molecule has 2 heterocycles. The topological polar surface area (TPSA) is 367 Å². The minimum Gasteiger partial charge on any atom is -0.370 e. The van der Waals surface area contributed by atoms with Gasteiger partial charge >= 0.3 is 0 Å². The minimum absolute atomic E-state index is 0.00571. The van der Waals surface area contributed by atoms with Gasteiger partial charge in [-0.2, -0.15) is 0 Å². The molecule has 59 heavy (non-hydrogen) atoms. The summed E-state index contributed by atoms with van der Waals surface area (Å²) >= 11 is 0. The van der Waals surface area contributed by atoms with Gasteiger partial charge in [0.15, 0.2) is 5.96 Å². The minimum atomic E-state index is -1.36. The molecule has 314 valence electrons. The number of guanidine groups is 1. The largest absolute Gasteiger partial charge is 0.370 e. The van der Waals surface area contributed by atoms with Crippen molar-refractivity contribution in [1.29, 1.82) is 0 Å². The first-order valence-corrected chi connectivity index (χ1v) is 18.6. The van der Waals surface area contributed by atoms with E-state index in [1.54, 1.807) is 36.5 Å². The highest BCUT2D eigenvalue weighted by atomic mass is 16.2. The van der Waals surface area contributed by atoms with Crippen LogP contribution in [0.15, 0.2) is 78.3 Å². The van der Waals surface area contributed by atoms with Crippen molar-refractivity contribution < 1.29 is 33.6 Å². The number of H-pyrrole nitrogens is 2. The van der Waals surface area contributed by atoms with Gasteiger partial charge < -0.3 is 65.2 Å². The third kappa shape index (κ3) is 14.3. The Kier molecular flexibility index (Phi) is 16.5. The van der Waals surface area contributed by atoms with Gasteiger partial charge in [-0.3, -0.25) is 38.6 Å². The molecule has 0 spiro atoms. The Labute approximate surface area is 338 Å². The Morgan fingerprint density at radius 2 is 1.29 bits per heavy atom. The maximum atomic E-state index is 14.2. The van der Waals surface area contributed by atoms with Crippen LogP contribution >= 0.6 is 0 Å². The summed E-state index contributed by atoms with van der Waals surface area (Å²) in [4.78, 5) is 106. The van der Waals surface area contributed by atoms with Crippen molar-refractivity contribution in [3.63, 3.8) is 0 Å². The number of hydrogen-bond donors (Lipinski definition) is 12. The average molecular weight is 815 g/mol. The molecule has 17 N–H and O–H groups in total. The van der Waals surface area contributed by atoms with Gasteiger partial charge in [-0.05, 0) is 30.0 Å². The summed E-state index contributed by atoms with van der Waals surface area (Å²) < 4.78 is 0. The number of nitrogens with zero attached hydrogens (tertiary/aromatic N) is 2. The number of fused-ring (bicyclic) bond motifs is 1. The van der Waals surface area contributed by atoms with Crippen molar-refractivity contribution in [3.05, 3.63) is 90.1 Å². The standard InChI is InChI=1S/C38H50N14O7/c39-25(16-31(40)53)33(55)50-30(15-23-18-44-20-48-23)37(59)51-28(13-21-7-2-1-3-8-21)36(58)49-27(11-6-12-45-38(42)43)35(57)52-29(34(56)47-19-32(41)54)14-22-17-46-26-10-5-4-9-24(22)26/h1-5,7-10,17-18,20,25,27-30,46H,6,11-16,19,39H2,(H2,40,53)(H2,41,54)(H,44,48)(H,47,56)(H,49,58)(H,50,55)(H,51,59)(H,52,57)(H4,42,43,45)/t25-,27-,28+,29-,30-/m0/s1. The number of imidazole rings is 1. The van der Waals surface area contributed by atoms with Crippen LogP contribution in [0.4, 0.5) is 0 Å². The first-order chi connectivity index (χ1) is 28.2. The summed E-state index contributed by atoms with van der Waals surface area (Å²) in [5, 5.41) is 13.9. The van der Waals surface area contributed by atoms with E-state index in [2.05, 4.69) is 46.5 Å². The highest BCUT2D eigenvalue weighted by Crippen LogP contribution is 2.19. The number of nitrogens with one attached hydrogen (secondary N) is 7. The van der Waals surface area contributed by atoms with Crippen LogP contribution in [0, 0.1) is 0 Å². The van der Waals surface area contributed by atoms with Gasteiger partial charge in [0.05, 0.1) is 25.3 Å². The number of aromatic amines is 2. The first kappa shape index (κ1) is 44.4. The molecule has 21 nitrogen and oxygen atoms in total. The van der Waals surface area contributed by atoms with Gasteiger partial charge in [-0.25, -0.2) is 4.98 Å². The van der Waals surface area contributed by atoms with Gasteiger partial charge in [0.2, 0.25) is 41.4 Å². The fourth-order valence-corrected chi connectivity index (χ4v) is 6.09. The van der Waals surface area contributed by atoms with Crippen LogP contribution in [0.5, 0.6) is 0 Å². The lowest BCUT2D eigenvalue weighted by Gasteiger charge is -2.27. The Morgan fingerprint density at radius 1 is 0.678 bits per heavy atom. The van der Waals surface area contributed by atoms with Crippen LogP contribution < -0.4 is 55.3 Å². The van der Waals surface area contributed by atoms with Gasteiger partial charge in [0, 0.05) is 54.8 Å². The van der Waals surface area contributed by atoms with Gasteiger partial charge in [0.25, 0.3) is 0 Å². The molecule has 0 radical (unpaired) electrons. The Hall–Kier alpha value is -7.29. The third-order valence-electron chi connectivity index (χ3n) is 9.03. The monoisotopic (exact) mass is 814 g/mol. The molecular formula is C38H50N14O7. The zero-order valence-corrected chi connectivity index (χ0v) is 32.1. The molecule has 0 saturated heterocycles. The third-order valence-corrected chi connectivity index (χ3v) is 9.03. The summed E-state index contributed by atoms with van der Waals surface area (Å²) in [6.45, 7) is -0.394. The second kappa shape index (κ2) is 21.9. The Morgan fingerprint density at radius 3 is 1.93 bits per heavy atom. The first-order valence-electron chi connectivity index (χ1n) is 18.6.